The summed E-state index contributed by atoms with van der Waals surface area (Å²) in [6.45, 7) is 0. The van der Waals surface area contributed by atoms with Crippen molar-refractivity contribution in [3.63, 3.8) is 0 Å². The average molecular weight is 359 g/mol. The number of carbonyl (C=O) groups excluding carboxylic acids is 1. The van der Waals surface area contributed by atoms with Crippen molar-refractivity contribution in [1.29, 1.82) is 0 Å². The second-order valence-electron chi connectivity index (χ2n) is 5.87. The number of hydrogen-bond acceptors (Lipinski definition) is 2. The number of rotatable bonds is 4. The Kier molecular flexibility index (Phi) is 4.38. The Morgan fingerprint density at radius 3 is 2.08 bits per heavy atom. The topological polar surface area (TPSA) is 34.9 Å². The van der Waals surface area contributed by atoms with Crippen LogP contribution in [-0.2, 0) is 0 Å². The van der Waals surface area contributed by atoms with E-state index in [0.29, 0.717) is 16.3 Å². The van der Waals surface area contributed by atoms with E-state index in [1.165, 1.54) is 0 Å². The summed E-state index contributed by atoms with van der Waals surface area (Å²) >= 11 is 5.94. The molecule has 0 saturated heterocycles. The second-order valence-corrected chi connectivity index (χ2v) is 6.31. The highest BCUT2D eigenvalue weighted by atomic mass is 35.5. The Bertz CT molecular complexity index is 1040. The predicted octanol–water partition coefficient (Wildman–Crippen LogP) is 5.42. The number of aromatic nitrogens is 2. The maximum absolute atomic E-state index is 13.1. The molecule has 3 nitrogen and oxygen atoms in total. The number of para-hydroxylation sites is 1. The van der Waals surface area contributed by atoms with Gasteiger partial charge in [0, 0.05) is 22.3 Å². The van der Waals surface area contributed by atoms with E-state index in [1.54, 1.807) is 28.9 Å². The van der Waals surface area contributed by atoms with Gasteiger partial charge < -0.3 is 0 Å². The summed E-state index contributed by atoms with van der Waals surface area (Å²) < 4.78 is 1.74. The normalized spacial score (nSPS) is 10.7. The van der Waals surface area contributed by atoms with E-state index in [4.69, 9.17) is 11.6 Å². The van der Waals surface area contributed by atoms with Gasteiger partial charge in [0.15, 0.2) is 0 Å². The number of ketones is 1. The van der Waals surface area contributed by atoms with E-state index in [2.05, 4.69) is 5.10 Å². The quantitative estimate of drug-likeness (QED) is 0.456. The number of benzene rings is 3. The van der Waals surface area contributed by atoms with Crippen molar-refractivity contribution in [2.75, 3.05) is 0 Å². The highest BCUT2D eigenvalue weighted by Crippen LogP contribution is 2.26. The van der Waals surface area contributed by atoms with Crippen LogP contribution in [0.3, 0.4) is 0 Å². The van der Waals surface area contributed by atoms with E-state index in [-0.39, 0.29) is 5.78 Å². The summed E-state index contributed by atoms with van der Waals surface area (Å²) in [6, 6.07) is 26.4. The van der Waals surface area contributed by atoms with Gasteiger partial charge in [0.25, 0.3) is 0 Å². The van der Waals surface area contributed by atoms with E-state index < -0.39 is 0 Å². The van der Waals surface area contributed by atoms with E-state index in [9.17, 15) is 4.79 Å². The summed E-state index contributed by atoms with van der Waals surface area (Å²) in [7, 11) is 0. The zero-order chi connectivity index (χ0) is 17.9. The van der Waals surface area contributed by atoms with Gasteiger partial charge in [0.2, 0.25) is 5.78 Å². The zero-order valence-corrected chi connectivity index (χ0v) is 14.6. The molecule has 0 saturated carbocycles. The summed E-state index contributed by atoms with van der Waals surface area (Å²) in [5.74, 6) is -0.129. The number of carbonyl (C=O) groups is 1. The molecule has 1 aromatic heterocycles. The minimum atomic E-state index is -0.129. The fourth-order valence-electron chi connectivity index (χ4n) is 2.82. The molecule has 0 spiro atoms. The Morgan fingerprint density at radius 1 is 0.808 bits per heavy atom. The van der Waals surface area contributed by atoms with E-state index in [0.717, 1.165) is 16.8 Å². The standard InChI is InChI=1S/C22H15ClN2O/c23-18-13-11-17(12-14-18)22(26)21-20(16-7-3-1-4-8-16)15-25(24-21)19-9-5-2-6-10-19/h1-15H. The van der Waals surface area contributed by atoms with Crippen molar-refractivity contribution in [2.24, 2.45) is 0 Å². The number of halogens is 1. The molecule has 4 rings (SSSR count). The van der Waals surface area contributed by atoms with Crippen molar-refractivity contribution >= 4 is 17.4 Å². The summed E-state index contributed by atoms with van der Waals surface area (Å²) in [5.41, 5.74) is 3.63. The molecular weight excluding hydrogens is 344 g/mol. The third-order valence-corrected chi connectivity index (χ3v) is 4.39. The molecule has 0 N–H and O–H groups in total. The molecule has 0 fully saturated rings. The van der Waals surface area contributed by atoms with Gasteiger partial charge in [-0.05, 0) is 42.0 Å². The lowest BCUT2D eigenvalue weighted by Crippen LogP contribution is -2.05. The van der Waals surface area contributed by atoms with E-state index >= 15 is 0 Å². The molecule has 4 heteroatoms. The van der Waals surface area contributed by atoms with Gasteiger partial charge >= 0.3 is 0 Å². The molecule has 4 aromatic rings. The van der Waals surface area contributed by atoms with Crippen molar-refractivity contribution < 1.29 is 4.79 Å². The van der Waals surface area contributed by atoms with Gasteiger partial charge in [-0.25, -0.2) is 4.68 Å². The molecule has 1 heterocycles. The molecule has 0 unspecified atom stereocenters. The molecule has 0 radical (unpaired) electrons. The largest absolute Gasteiger partial charge is 0.287 e. The monoisotopic (exact) mass is 358 g/mol. The van der Waals surface area contributed by atoms with Crippen LogP contribution in [0.5, 0.6) is 0 Å². The van der Waals surface area contributed by atoms with Gasteiger partial charge in [-0.15, -0.1) is 0 Å². The fourth-order valence-corrected chi connectivity index (χ4v) is 2.95. The molecule has 0 amide bonds. The molecule has 0 atom stereocenters. The Morgan fingerprint density at radius 2 is 1.42 bits per heavy atom. The summed E-state index contributed by atoms with van der Waals surface area (Å²) in [4.78, 5) is 13.1. The fraction of sp³-hybridized carbons (Fsp3) is 0. The highest BCUT2D eigenvalue weighted by molar-refractivity contribution is 6.30. The first-order valence-corrected chi connectivity index (χ1v) is 8.61. The van der Waals surface area contributed by atoms with Crippen LogP contribution in [0.4, 0.5) is 0 Å². The van der Waals surface area contributed by atoms with Gasteiger partial charge in [0.1, 0.15) is 5.69 Å². The van der Waals surface area contributed by atoms with Crippen LogP contribution in [0.1, 0.15) is 16.1 Å². The molecule has 0 aliphatic heterocycles. The average Bonchev–Trinajstić information content (AvgIpc) is 3.15. The van der Waals surface area contributed by atoms with Gasteiger partial charge in [0.05, 0.1) is 5.69 Å². The molecule has 0 bridgehead atoms. The molecular formula is C22H15ClN2O. The van der Waals surface area contributed by atoms with Crippen LogP contribution in [0.25, 0.3) is 16.8 Å². The number of nitrogens with zero attached hydrogens (tertiary/aromatic N) is 2. The third kappa shape index (κ3) is 3.17. The highest BCUT2D eigenvalue weighted by Gasteiger charge is 2.20. The Balaban J connectivity index is 1.85. The van der Waals surface area contributed by atoms with Crippen molar-refractivity contribution in [3.05, 3.63) is 107 Å². The summed E-state index contributed by atoms with van der Waals surface area (Å²) in [6.07, 6.45) is 1.90. The molecule has 3 aromatic carbocycles. The third-order valence-electron chi connectivity index (χ3n) is 4.14. The number of hydrogen-bond donors (Lipinski definition) is 0. The maximum atomic E-state index is 13.1. The van der Waals surface area contributed by atoms with Crippen LogP contribution in [-0.4, -0.2) is 15.6 Å². The summed E-state index contributed by atoms with van der Waals surface area (Å²) in [5, 5.41) is 5.19. The van der Waals surface area contributed by atoms with Crippen molar-refractivity contribution in [3.8, 4) is 16.8 Å². The molecule has 126 valence electrons. The van der Waals surface area contributed by atoms with Crippen LogP contribution in [0, 0.1) is 0 Å². The van der Waals surface area contributed by atoms with Crippen LogP contribution >= 0.6 is 11.6 Å². The van der Waals surface area contributed by atoms with Crippen LogP contribution in [0.2, 0.25) is 5.02 Å². The second kappa shape index (κ2) is 6.98. The first-order chi connectivity index (χ1) is 12.7. The van der Waals surface area contributed by atoms with Crippen LogP contribution in [0.15, 0.2) is 91.1 Å². The Labute approximate surface area is 156 Å². The molecule has 26 heavy (non-hydrogen) atoms. The minimum Gasteiger partial charge on any atom is -0.287 e. The van der Waals surface area contributed by atoms with Crippen molar-refractivity contribution in [2.45, 2.75) is 0 Å². The predicted molar refractivity (Wildman–Crippen MR) is 104 cm³/mol. The lowest BCUT2D eigenvalue weighted by Gasteiger charge is -2.02. The van der Waals surface area contributed by atoms with Gasteiger partial charge in [-0.2, -0.15) is 5.10 Å². The Hall–Kier alpha value is -3.17. The SMILES string of the molecule is O=C(c1ccc(Cl)cc1)c1nn(-c2ccccc2)cc1-c1ccccc1. The van der Waals surface area contributed by atoms with Gasteiger partial charge in [-0.1, -0.05) is 60.1 Å². The zero-order valence-electron chi connectivity index (χ0n) is 13.8. The van der Waals surface area contributed by atoms with Crippen molar-refractivity contribution in [1.82, 2.24) is 9.78 Å². The van der Waals surface area contributed by atoms with Gasteiger partial charge in [-0.3, -0.25) is 4.79 Å². The first-order valence-electron chi connectivity index (χ1n) is 8.23. The molecule has 0 aliphatic carbocycles. The minimum absolute atomic E-state index is 0.129. The van der Waals surface area contributed by atoms with E-state index in [1.807, 2.05) is 66.9 Å². The van der Waals surface area contributed by atoms with Crippen LogP contribution < -0.4 is 0 Å². The lowest BCUT2D eigenvalue weighted by molar-refractivity contribution is 0.103. The first kappa shape index (κ1) is 16.3. The molecule has 0 aliphatic rings. The smallest absolute Gasteiger partial charge is 0.213 e. The lowest BCUT2D eigenvalue weighted by atomic mass is 10.0. The maximum Gasteiger partial charge on any atom is 0.213 e.